The van der Waals surface area contributed by atoms with Crippen molar-refractivity contribution in [3.63, 3.8) is 0 Å². The number of benzene rings is 1. The number of carboxylic acid groups (broad SMARTS) is 1. The Hall–Kier alpha value is -2.61. The van der Waals surface area contributed by atoms with E-state index in [4.69, 9.17) is 16.7 Å². The minimum atomic E-state index is -2.10. The summed E-state index contributed by atoms with van der Waals surface area (Å²) in [7, 11) is 0. The van der Waals surface area contributed by atoms with Crippen LogP contribution in [-0.2, 0) is 4.79 Å². The molecule has 0 fully saturated rings. The molecule has 0 saturated heterocycles. The van der Waals surface area contributed by atoms with Gasteiger partial charge in [-0.3, -0.25) is 4.79 Å². The van der Waals surface area contributed by atoms with E-state index in [0.29, 0.717) is 0 Å². The monoisotopic (exact) mass is 344 g/mol. The summed E-state index contributed by atoms with van der Waals surface area (Å²) in [5.41, 5.74) is -0.973. The fourth-order valence-corrected chi connectivity index (χ4v) is 2.05. The minimum absolute atomic E-state index is 0.0743. The van der Waals surface area contributed by atoms with E-state index in [0.717, 1.165) is 0 Å². The number of carbonyl (C=O) groups excluding carboxylic acids is 1. The van der Waals surface area contributed by atoms with E-state index in [1.165, 1.54) is 24.3 Å². The lowest BCUT2D eigenvalue weighted by atomic mass is 10.1. The normalized spacial score (nSPS) is 11.8. The SMILES string of the molecule is O=C(NC(C(=O)O)c1c(F)c(F)nc(F)c1Cl)c1ccccc1. The van der Waals surface area contributed by atoms with Crippen LogP contribution in [0.1, 0.15) is 22.0 Å². The number of carboxylic acids is 1. The zero-order valence-electron chi connectivity index (χ0n) is 11.2. The number of rotatable bonds is 4. The molecule has 0 aliphatic carbocycles. The summed E-state index contributed by atoms with van der Waals surface area (Å²) < 4.78 is 40.4. The summed E-state index contributed by atoms with van der Waals surface area (Å²) in [6, 6.07) is 5.31. The van der Waals surface area contributed by atoms with Crippen LogP contribution < -0.4 is 5.32 Å². The molecule has 2 rings (SSSR count). The lowest BCUT2D eigenvalue weighted by Gasteiger charge is -2.17. The smallest absolute Gasteiger partial charge is 0.331 e. The van der Waals surface area contributed by atoms with Gasteiger partial charge >= 0.3 is 5.97 Å². The standard InChI is InChI=1S/C14H8ClF3N2O3/c15-8-7(9(16)12(18)20-11(8)17)10(14(22)23)19-13(21)6-4-2-1-3-5-6/h1-5,10H,(H,19,21)(H,22,23). The predicted octanol–water partition coefficient (Wildman–Crippen LogP) is 2.71. The highest BCUT2D eigenvalue weighted by Crippen LogP contribution is 2.29. The minimum Gasteiger partial charge on any atom is -0.479 e. The van der Waals surface area contributed by atoms with Gasteiger partial charge in [-0.1, -0.05) is 29.8 Å². The number of nitrogens with zero attached hydrogens (tertiary/aromatic N) is 1. The van der Waals surface area contributed by atoms with Gasteiger partial charge in [0, 0.05) is 11.1 Å². The first-order chi connectivity index (χ1) is 10.8. The first-order valence-corrected chi connectivity index (χ1v) is 6.49. The van der Waals surface area contributed by atoms with Crippen molar-refractivity contribution in [3.8, 4) is 0 Å². The molecule has 0 saturated carbocycles. The molecule has 1 aromatic carbocycles. The summed E-state index contributed by atoms with van der Waals surface area (Å²) in [5, 5.41) is 10.1. The Kier molecular flexibility index (Phi) is 4.85. The average molecular weight is 345 g/mol. The Labute approximate surface area is 132 Å². The Morgan fingerprint density at radius 2 is 1.74 bits per heavy atom. The van der Waals surface area contributed by atoms with Crippen molar-refractivity contribution in [3.05, 3.63) is 64.2 Å². The largest absolute Gasteiger partial charge is 0.479 e. The van der Waals surface area contributed by atoms with Crippen molar-refractivity contribution in [1.29, 1.82) is 0 Å². The Morgan fingerprint density at radius 3 is 2.30 bits per heavy atom. The topological polar surface area (TPSA) is 79.3 Å². The van der Waals surface area contributed by atoms with Crippen LogP contribution in [0.15, 0.2) is 30.3 Å². The van der Waals surface area contributed by atoms with Crippen molar-refractivity contribution < 1.29 is 27.9 Å². The average Bonchev–Trinajstić information content (AvgIpc) is 2.52. The van der Waals surface area contributed by atoms with Gasteiger partial charge in [0.1, 0.15) is 5.02 Å². The first-order valence-electron chi connectivity index (χ1n) is 6.11. The van der Waals surface area contributed by atoms with Crippen molar-refractivity contribution in [2.24, 2.45) is 0 Å². The van der Waals surface area contributed by atoms with Crippen molar-refractivity contribution in [1.82, 2.24) is 10.3 Å². The third-order valence-corrected chi connectivity index (χ3v) is 3.24. The molecule has 23 heavy (non-hydrogen) atoms. The van der Waals surface area contributed by atoms with E-state index in [1.54, 1.807) is 6.07 Å². The van der Waals surface area contributed by atoms with Gasteiger partial charge in [0.25, 0.3) is 11.9 Å². The number of hydrogen-bond acceptors (Lipinski definition) is 3. The molecule has 0 spiro atoms. The first kappa shape index (κ1) is 16.8. The van der Waals surface area contributed by atoms with Gasteiger partial charge in [0.15, 0.2) is 11.9 Å². The van der Waals surface area contributed by atoms with Crippen molar-refractivity contribution in [2.75, 3.05) is 0 Å². The van der Waals surface area contributed by atoms with Crippen LogP contribution in [0.3, 0.4) is 0 Å². The van der Waals surface area contributed by atoms with Crippen molar-refractivity contribution >= 4 is 23.5 Å². The summed E-state index contributed by atoms with van der Waals surface area (Å²) in [6.07, 6.45) is 0. The number of amides is 1. The molecule has 2 N–H and O–H groups in total. The van der Waals surface area contributed by atoms with Crippen LogP contribution >= 0.6 is 11.6 Å². The second-order valence-corrected chi connectivity index (χ2v) is 4.72. The maximum absolute atomic E-state index is 13.8. The fraction of sp³-hybridized carbons (Fsp3) is 0.0714. The van der Waals surface area contributed by atoms with Gasteiger partial charge in [-0.2, -0.15) is 13.8 Å². The van der Waals surface area contributed by atoms with E-state index < -0.39 is 46.2 Å². The van der Waals surface area contributed by atoms with Crippen LogP contribution in [-0.4, -0.2) is 22.0 Å². The molecule has 1 atom stereocenters. The molecule has 0 aliphatic heterocycles. The molecule has 9 heteroatoms. The molecule has 120 valence electrons. The molecule has 5 nitrogen and oxygen atoms in total. The Morgan fingerprint density at radius 1 is 1.13 bits per heavy atom. The number of nitrogens with one attached hydrogen (secondary N) is 1. The molecule has 1 unspecified atom stereocenters. The second-order valence-electron chi connectivity index (χ2n) is 4.35. The Balaban J connectivity index is 2.45. The highest BCUT2D eigenvalue weighted by Gasteiger charge is 2.32. The van der Waals surface area contributed by atoms with Gasteiger partial charge in [0.2, 0.25) is 5.95 Å². The predicted molar refractivity (Wildman–Crippen MR) is 73.4 cm³/mol. The van der Waals surface area contributed by atoms with E-state index in [2.05, 4.69) is 4.98 Å². The van der Waals surface area contributed by atoms with E-state index in [9.17, 15) is 22.8 Å². The summed E-state index contributed by atoms with van der Waals surface area (Å²) in [4.78, 5) is 25.8. The maximum atomic E-state index is 13.8. The maximum Gasteiger partial charge on any atom is 0.331 e. The number of hydrogen-bond donors (Lipinski definition) is 2. The summed E-state index contributed by atoms with van der Waals surface area (Å²) >= 11 is 5.48. The molecular formula is C14H8ClF3N2O3. The lowest BCUT2D eigenvalue weighted by molar-refractivity contribution is -0.139. The Bertz CT molecular complexity index is 745. The van der Waals surface area contributed by atoms with E-state index in [1.807, 2.05) is 5.32 Å². The lowest BCUT2D eigenvalue weighted by Crippen LogP contribution is -2.35. The number of pyridine rings is 1. The molecule has 0 radical (unpaired) electrons. The fourth-order valence-electron chi connectivity index (χ4n) is 1.82. The number of aliphatic carboxylic acids is 1. The molecule has 2 aromatic rings. The van der Waals surface area contributed by atoms with Crippen LogP contribution in [0.25, 0.3) is 0 Å². The van der Waals surface area contributed by atoms with Crippen molar-refractivity contribution in [2.45, 2.75) is 6.04 Å². The molecule has 1 amide bonds. The third kappa shape index (κ3) is 3.42. The van der Waals surface area contributed by atoms with Gasteiger partial charge in [-0.25, -0.2) is 9.18 Å². The quantitative estimate of drug-likeness (QED) is 0.836. The van der Waals surface area contributed by atoms with Gasteiger partial charge in [-0.15, -0.1) is 0 Å². The molecular weight excluding hydrogens is 337 g/mol. The molecule has 0 bridgehead atoms. The third-order valence-electron chi connectivity index (χ3n) is 2.88. The zero-order valence-corrected chi connectivity index (χ0v) is 11.9. The van der Waals surface area contributed by atoms with Gasteiger partial charge in [-0.05, 0) is 12.1 Å². The summed E-state index contributed by atoms with van der Waals surface area (Å²) in [5.74, 6) is -7.83. The second kappa shape index (κ2) is 6.66. The zero-order chi connectivity index (χ0) is 17.1. The van der Waals surface area contributed by atoms with Crippen LogP contribution in [0.4, 0.5) is 13.2 Å². The molecule has 0 aliphatic rings. The van der Waals surface area contributed by atoms with Crippen LogP contribution in [0.5, 0.6) is 0 Å². The van der Waals surface area contributed by atoms with E-state index >= 15 is 0 Å². The molecule has 1 heterocycles. The van der Waals surface area contributed by atoms with Gasteiger partial charge in [0.05, 0.1) is 0 Å². The van der Waals surface area contributed by atoms with E-state index in [-0.39, 0.29) is 5.56 Å². The number of halogens is 4. The van der Waals surface area contributed by atoms with Crippen LogP contribution in [0, 0.1) is 17.7 Å². The number of carbonyl (C=O) groups is 2. The highest BCUT2D eigenvalue weighted by atomic mass is 35.5. The summed E-state index contributed by atoms with van der Waals surface area (Å²) in [6.45, 7) is 0. The van der Waals surface area contributed by atoms with Crippen LogP contribution in [0.2, 0.25) is 5.02 Å². The molecule has 1 aromatic heterocycles. The van der Waals surface area contributed by atoms with Gasteiger partial charge < -0.3 is 10.4 Å². The highest BCUT2D eigenvalue weighted by molar-refractivity contribution is 6.31. The number of aromatic nitrogens is 1.